The summed E-state index contributed by atoms with van der Waals surface area (Å²) in [5.74, 6) is 0.381. The molecular weight excluding hydrogens is 295 g/mol. The molecule has 1 aromatic heterocycles. The van der Waals surface area contributed by atoms with Gasteiger partial charge in [-0.1, -0.05) is 11.6 Å². The van der Waals surface area contributed by atoms with Crippen LogP contribution in [-0.4, -0.2) is 23.6 Å². The van der Waals surface area contributed by atoms with E-state index < -0.39 is 5.82 Å². The topological polar surface area (TPSA) is 59.1 Å². The van der Waals surface area contributed by atoms with E-state index in [4.69, 9.17) is 16.3 Å². The molecule has 21 heavy (non-hydrogen) atoms. The van der Waals surface area contributed by atoms with Crippen LogP contribution in [0.5, 0.6) is 5.75 Å². The van der Waals surface area contributed by atoms with Crippen molar-refractivity contribution in [3.8, 4) is 5.75 Å². The zero-order valence-electron chi connectivity index (χ0n) is 12.0. The summed E-state index contributed by atoms with van der Waals surface area (Å²) in [5.41, 5.74) is 1.43. The minimum atomic E-state index is -0.550. The van der Waals surface area contributed by atoms with E-state index in [1.807, 2.05) is 13.8 Å². The number of ether oxygens (including phenoxy) is 1. The van der Waals surface area contributed by atoms with Gasteiger partial charge in [0.1, 0.15) is 5.75 Å². The lowest BCUT2D eigenvalue weighted by molar-refractivity contribution is 0.416. The number of aryl methyl sites for hydroxylation is 1. The average molecular weight is 311 g/mol. The van der Waals surface area contributed by atoms with E-state index in [0.717, 1.165) is 11.8 Å². The molecule has 5 nitrogen and oxygen atoms in total. The van der Waals surface area contributed by atoms with E-state index in [2.05, 4.69) is 20.6 Å². The van der Waals surface area contributed by atoms with Crippen LogP contribution in [0.2, 0.25) is 5.02 Å². The van der Waals surface area contributed by atoms with Gasteiger partial charge in [0.15, 0.2) is 11.6 Å². The van der Waals surface area contributed by atoms with Crippen molar-refractivity contribution in [1.82, 2.24) is 9.97 Å². The Labute approximate surface area is 127 Å². The summed E-state index contributed by atoms with van der Waals surface area (Å²) in [5, 5.41) is 6.42. The maximum absolute atomic E-state index is 13.8. The largest absolute Gasteiger partial charge is 0.495 e. The minimum absolute atomic E-state index is 0.0703. The highest BCUT2D eigenvalue weighted by molar-refractivity contribution is 6.31. The molecule has 7 heteroatoms. The molecule has 0 fully saturated rings. The Balaban J connectivity index is 2.37. The molecule has 2 aromatic rings. The predicted molar refractivity (Wildman–Crippen MR) is 82.2 cm³/mol. The monoisotopic (exact) mass is 310 g/mol. The van der Waals surface area contributed by atoms with Crippen molar-refractivity contribution < 1.29 is 9.13 Å². The zero-order chi connectivity index (χ0) is 15.4. The van der Waals surface area contributed by atoms with Crippen LogP contribution in [0.4, 0.5) is 21.8 Å². The predicted octanol–water partition coefficient (Wildman–Crippen LogP) is 3.76. The van der Waals surface area contributed by atoms with Gasteiger partial charge in [-0.25, -0.2) is 9.37 Å². The van der Waals surface area contributed by atoms with Gasteiger partial charge in [-0.15, -0.1) is 0 Å². The highest BCUT2D eigenvalue weighted by Gasteiger charge is 2.12. The fourth-order valence-electron chi connectivity index (χ4n) is 1.76. The number of benzene rings is 1. The molecule has 0 aliphatic heterocycles. The Morgan fingerprint density at radius 1 is 1.38 bits per heavy atom. The second-order valence-electron chi connectivity index (χ2n) is 4.35. The molecule has 0 amide bonds. The highest BCUT2D eigenvalue weighted by Crippen LogP contribution is 2.33. The normalized spacial score (nSPS) is 10.3. The first-order valence-electron chi connectivity index (χ1n) is 6.42. The van der Waals surface area contributed by atoms with Crippen LogP contribution in [0.1, 0.15) is 12.5 Å². The van der Waals surface area contributed by atoms with Gasteiger partial charge in [-0.05, 0) is 25.5 Å². The van der Waals surface area contributed by atoms with Crippen molar-refractivity contribution in [3.05, 3.63) is 34.7 Å². The smallest absolute Gasteiger partial charge is 0.224 e. The van der Waals surface area contributed by atoms with Crippen LogP contribution in [0.15, 0.2) is 18.3 Å². The van der Waals surface area contributed by atoms with Crippen molar-refractivity contribution in [2.45, 2.75) is 13.8 Å². The van der Waals surface area contributed by atoms with E-state index in [1.54, 1.807) is 12.1 Å². The molecule has 112 valence electrons. The van der Waals surface area contributed by atoms with Gasteiger partial charge >= 0.3 is 0 Å². The van der Waals surface area contributed by atoms with Gasteiger partial charge in [0.25, 0.3) is 0 Å². The third-order valence-electron chi connectivity index (χ3n) is 2.81. The first-order valence-corrected chi connectivity index (χ1v) is 6.80. The number of nitrogens with zero attached hydrogens (tertiary/aromatic N) is 2. The molecule has 2 N–H and O–H groups in total. The first-order chi connectivity index (χ1) is 10.0. The van der Waals surface area contributed by atoms with Gasteiger partial charge in [0.2, 0.25) is 5.95 Å². The second kappa shape index (κ2) is 6.58. The number of hydrogen-bond acceptors (Lipinski definition) is 5. The van der Waals surface area contributed by atoms with Gasteiger partial charge in [-0.2, -0.15) is 4.98 Å². The van der Waals surface area contributed by atoms with Gasteiger partial charge in [0, 0.05) is 17.6 Å². The van der Waals surface area contributed by atoms with Crippen molar-refractivity contribution in [2.75, 3.05) is 24.3 Å². The first kappa shape index (κ1) is 15.3. The molecule has 0 saturated heterocycles. The fraction of sp³-hybridized carbons (Fsp3) is 0.286. The van der Waals surface area contributed by atoms with Crippen molar-refractivity contribution in [1.29, 1.82) is 0 Å². The third kappa shape index (κ3) is 3.52. The van der Waals surface area contributed by atoms with Crippen molar-refractivity contribution >= 4 is 29.1 Å². The Morgan fingerprint density at radius 2 is 2.14 bits per heavy atom. The van der Waals surface area contributed by atoms with E-state index >= 15 is 0 Å². The summed E-state index contributed by atoms with van der Waals surface area (Å²) in [6.45, 7) is 4.41. The lowest BCUT2D eigenvalue weighted by Gasteiger charge is -2.13. The number of halogens is 2. The van der Waals surface area contributed by atoms with E-state index in [9.17, 15) is 4.39 Å². The molecular formula is C14H16ClFN4O. The highest BCUT2D eigenvalue weighted by atomic mass is 35.5. The molecule has 2 rings (SSSR count). The van der Waals surface area contributed by atoms with Crippen molar-refractivity contribution in [2.24, 2.45) is 0 Å². The van der Waals surface area contributed by atoms with Crippen LogP contribution < -0.4 is 15.4 Å². The fourth-order valence-corrected chi connectivity index (χ4v) is 1.91. The Hall–Kier alpha value is -2.08. The number of rotatable bonds is 5. The SMILES string of the molecule is CCNc1ncc(F)c(Nc2cc(C)c(Cl)cc2OC)n1. The van der Waals surface area contributed by atoms with Gasteiger partial charge in [-0.3, -0.25) is 0 Å². The third-order valence-corrected chi connectivity index (χ3v) is 3.22. The van der Waals surface area contributed by atoms with Crippen LogP contribution in [0.3, 0.4) is 0 Å². The quantitative estimate of drug-likeness (QED) is 0.880. The Morgan fingerprint density at radius 3 is 2.81 bits per heavy atom. The number of methoxy groups -OCH3 is 1. The zero-order valence-corrected chi connectivity index (χ0v) is 12.8. The van der Waals surface area contributed by atoms with E-state index in [-0.39, 0.29) is 5.82 Å². The number of aromatic nitrogens is 2. The van der Waals surface area contributed by atoms with Crippen molar-refractivity contribution in [3.63, 3.8) is 0 Å². The Kier molecular flexibility index (Phi) is 4.80. The summed E-state index contributed by atoms with van der Waals surface area (Å²) in [4.78, 5) is 7.94. The number of anilines is 3. The summed E-state index contributed by atoms with van der Waals surface area (Å²) in [7, 11) is 1.52. The summed E-state index contributed by atoms with van der Waals surface area (Å²) in [6.07, 6.45) is 1.11. The van der Waals surface area contributed by atoms with E-state index in [1.165, 1.54) is 7.11 Å². The molecule has 0 atom stereocenters. The molecule has 0 radical (unpaired) electrons. The van der Waals surface area contributed by atoms with E-state index in [0.29, 0.717) is 29.0 Å². The molecule has 0 aliphatic rings. The van der Waals surface area contributed by atoms with Gasteiger partial charge in [0.05, 0.1) is 19.0 Å². The number of nitrogens with one attached hydrogen (secondary N) is 2. The minimum Gasteiger partial charge on any atom is -0.495 e. The molecule has 1 aromatic carbocycles. The molecule has 0 bridgehead atoms. The average Bonchev–Trinajstić information content (AvgIpc) is 2.46. The molecule has 0 saturated carbocycles. The summed E-state index contributed by atoms with van der Waals surface area (Å²) < 4.78 is 19.1. The second-order valence-corrected chi connectivity index (χ2v) is 4.75. The standard InChI is InChI=1S/C14H16ClFN4O/c1-4-17-14-18-7-10(16)13(20-14)19-11-5-8(2)9(15)6-12(11)21-3/h5-7H,4H2,1-3H3,(H2,17,18,19,20). The van der Waals surface area contributed by atoms with Crippen LogP contribution >= 0.6 is 11.6 Å². The Bertz CT molecular complexity index is 651. The van der Waals surface area contributed by atoms with Crippen LogP contribution in [-0.2, 0) is 0 Å². The number of hydrogen-bond donors (Lipinski definition) is 2. The molecule has 1 heterocycles. The molecule has 0 unspecified atom stereocenters. The molecule has 0 aliphatic carbocycles. The molecule has 0 spiro atoms. The lowest BCUT2D eigenvalue weighted by Crippen LogP contribution is -2.06. The van der Waals surface area contributed by atoms with Crippen LogP contribution in [0.25, 0.3) is 0 Å². The maximum atomic E-state index is 13.8. The summed E-state index contributed by atoms with van der Waals surface area (Å²) in [6, 6.07) is 3.44. The van der Waals surface area contributed by atoms with Crippen LogP contribution in [0, 0.1) is 12.7 Å². The van der Waals surface area contributed by atoms with Gasteiger partial charge < -0.3 is 15.4 Å². The summed E-state index contributed by atoms with van der Waals surface area (Å²) >= 11 is 6.05. The maximum Gasteiger partial charge on any atom is 0.224 e. The lowest BCUT2D eigenvalue weighted by atomic mass is 10.2.